The van der Waals surface area contributed by atoms with Crippen molar-refractivity contribution >= 4 is 5.97 Å². The van der Waals surface area contributed by atoms with Crippen LogP contribution in [-0.2, 0) is 4.79 Å². The van der Waals surface area contributed by atoms with Crippen LogP contribution in [-0.4, -0.2) is 46.2 Å². The lowest BCUT2D eigenvalue weighted by Crippen LogP contribution is -2.32. The highest BCUT2D eigenvalue weighted by Gasteiger charge is 2.32. The van der Waals surface area contributed by atoms with Gasteiger partial charge in [0.1, 0.15) is 0 Å². The number of carbonyl (C=O) groups is 1. The molecular weight excluding hydrogens is 248 g/mol. The number of carboxylic acid groups (broad SMARTS) is 1. The smallest absolute Gasteiger partial charge is 0.309 e. The molecule has 5 nitrogen and oxygen atoms in total. The van der Waals surface area contributed by atoms with Crippen molar-refractivity contribution in [3.8, 4) is 0 Å². The van der Waals surface area contributed by atoms with Crippen molar-refractivity contribution in [3.63, 3.8) is 0 Å². The Morgan fingerprint density at radius 3 is 1.11 bits per heavy atom. The van der Waals surface area contributed by atoms with E-state index >= 15 is 0 Å². The minimum absolute atomic E-state index is 0.156. The first-order valence-corrected chi connectivity index (χ1v) is 6.93. The van der Waals surface area contributed by atoms with Crippen molar-refractivity contribution in [1.29, 1.82) is 0 Å². The first kappa shape index (κ1) is 20.7. The van der Waals surface area contributed by atoms with Gasteiger partial charge >= 0.3 is 5.97 Å². The van der Waals surface area contributed by atoms with Crippen LogP contribution in [0.25, 0.3) is 0 Å². The largest absolute Gasteiger partial charge is 0.481 e. The van der Waals surface area contributed by atoms with Crippen molar-refractivity contribution in [3.05, 3.63) is 0 Å². The lowest BCUT2D eigenvalue weighted by Gasteiger charge is -2.24. The number of aliphatic hydroxyl groups excluding tert-OH is 3. The van der Waals surface area contributed by atoms with Gasteiger partial charge in [-0.1, -0.05) is 27.7 Å². The standard InChI is InChI=1S/C8H16O2.C6H14O3/c1-4-8(5-2,6-3)7(9)10;1-2-6(3-7,4-8)5-9/h4-6H2,1-3H3,(H,9,10);7-9H,2-5H2,1H3. The van der Waals surface area contributed by atoms with Crippen molar-refractivity contribution in [2.45, 2.75) is 53.4 Å². The summed E-state index contributed by atoms with van der Waals surface area (Å²) in [5, 5.41) is 34.8. The second kappa shape index (κ2) is 10.2. The molecule has 0 aromatic heterocycles. The minimum atomic E-state index is -0.667. The maximum atomic E-state index is 10.7. The van der Waals surface area contributed by atoms with E-state index in [4.69, 9.17) is 20.4 Å². The summed E-state index contributed by atoms with van der Waals surface area (Å²) in [5.74, 6) is -0.653. The van der Waals surface area contributed by atoms with E-state index in [-0.39, 0.29) is 19.8 Å². The van der Waals surface area contributed by atoms with Crippen LogP contribution in [0.4, 0.5) is 0 Å². The molecule has 0 aromatic carbocycles. The van der Waals surface area contributed by atoms with Crippen molar-refractivity contribution in [2.24, 2.45) is 10.8 Å². The van der Waals surface area contributed by atoms with E-state index in [1.54, 1.807) is 0 Å². The first-order chi connectivity index (χ1) is 8.87. The highest BCUT2D eigenvalue weighted by molar-refractivity contribution is 5.74. The zero-order valence-electron chi connectivity index (χ0n) is 12.6. The summed E-state index contributed by atoms with van der Waals surface area (Å²) in [6.45, 7) is 7.15. The molecule has 0 heterocycles. The lowest BCUT2D eigenvalue weighted by molar-refractivity contribution is -0.149. The van der Waals surface area contributed by atoms with Gasteiger partial charge in [-0.15, -0.1) is 0 Å². The lowest BCUT2D eigenvalue weighted by atomic mass is 9.80. The third-order valence-corrected chi connectivity index (χ3v) is 4.24. The topological polar surface area (TPSA) is 98.0 Å². The van der Waals surface area contributed by atoms with E-state index in [1.807, 2.05) is 27.7 Å². The Hall–Kier alpha value is -0.650. The van der Waals surface area contributed by atoms with Gasteiger partial charge in [-0.2, -0.15) is 0 Å². The van der Waals surface area contributed by atoms with Gasteiger partial charge in [0.15, 0.2) is 0 Å². The molecule has 0 rings (SSSR count). The number of aliphatic hydroxyl groups is 3. The quantitative estimate of drug-likeness (QED) is 0.541. The minimum Gasteiger partial charge on any atom is -0.481 e. The Balaban J connectivity index is 0. The molecule has 0 aliphatic rings. The van der Waals surface area contributed by atoms with Gasteiger partial charge in [-0.05, 0) is 25.7 Å². The van der Waals surface area contributed by atoms with Crippen LogP contribution in [0.1, 0.15) is 53.4 Å². The van der Waals surface area contributed by atoms with Gasteiger partial charge < -0.3 is 20.4 Å². The predicted octanol–water partition coefficient (Wildman–Crippen LogP) is 1.65. The molecule has 0 radical (unpaired) electrons. The van der Waals surface area contributed by atoms with Crippen LogP contribution < -0.4 is 0 Å². The van der Waals surface area contributed by atoms with Crippen LogP contribution in [0.2, 0.25) is 0 Å². The van der Waals surface area contributed by atoms with E-state index in [0.29, 0.717) is 6.42 Å². The first-order valence-electron chi connectivity index (χ1n) is 6.93. The van der Waals surface area contributed by atoms with Gasteiger partial charge in [-0.25, -0.2) is 0 Å². The van der Waals surface area contributed by atoms with Gasteiger partial charge in [-0.3, -0.25) is 4.79 Å². The highest BCUT2D eigenvalue weighted by atomic mass is 16.4. The molecule has 0 saturated carbocycles. The molecule has 19 heavy (non-hydrogen) atoms. The van der Waals surface area contributed by atoms with Crippen molar-refractivity contribution < 1.29 is 25.2 Å². The fourth-order valence-corrected chi connectivity index (χ4v) is 1.69. The Morgan fingerprint density at radius 2 is 1.11 bits per heavy atom. The summed E-state index contributed by atoms with van der Waals surface area (Å²) < 4.78 is 0. The molecule has 116 valence electrons. The molecule has 0 aliphatic heterocycles. The summed E-state index contributed by atoms with van der Waals surface area (Å²) in [6.07, 6.45) is 2.79. The second-order valence-electron chi connectivity index (χ2n) is 4.97. The fourth-order valence-electron chi connectivity index (χ4n) is 1.69. The zero-order valence-corrected chi connectivity index (χ0v) is 12.6. The van der Waals surface area contributed by atoms with Crippen molar-refractivity contribution in [2.75, 3.05) is 19.8 Å². The molecule has 0 fully saturated rings. The molecule has 0 aromatic rings. The summed E-state index contributed by atoms with van der Waals surface area (Å²) in [6, 6.07) is 0. The monoisotopic (exact) mass is 278 g/mol. The summed E-state index contributed by atoms with van der Waals surface area (Å²) in [4.78, 5) is 10.7. The van der Waals surface area contributed by atoms with Crippen LogP contribution >= 0.6 is 0 Å². The third kappa shape index (κ3) is 5.89. The number of hydrogen-bond donors (Lipinski definition) is 4. The van der Waals surface area contributed by atoms with E-state index in [1.165, 1.54) is 0 Å². The second-order valence-corrected chi connectivity index (χ2v) is 4.97. The Labute approximate surface area is 116 Å². The highest BCUT2D eigenvalue weighted by Crippen LogP contribution is 2.30. The van der Waals surface area contributed by atoms with E-state index < -0.39 is 16.8 Å². The molecule has 0 unspecified atom stereocenters. The molecule has 0 bridgehead atoms. The molecule has 0 aliphatic carbocycles. The van der Waals surface area contributed by atoms with Gasteiger partial charge in [0.2, 0.25) is 0 Å². The average molecular weight is 278 g/mol. The van der Waals surface area contributed by atoms with Crippen LogP contribution in [0.3, 0.4) is 0 Å². The SMILES string of the molecule is CCC(CC)(CC)C(=O)O.CCC(CO)(CO)CO. The Bertz CT molecular complexity index is 206. The molecule has 0 saturated heterocycles. The van der Waals surface area contributed by atoms with Crippen molar-refractivity contribution in [1.82, 2.24) is 0 Å². The molecule has 0 amide bonds. The van der Waals surface area contributed by atoms with Crippen LogP contribution in [0.5, 0.6) is 0 Å². The molecule has 0 atom stereocenters. The maximum Gasteiger partial charge on any atom is 0.309 e. The van der Waals surface area contributed by atoms with E-state index in [0.717, 1.165) is 19.3 Å². The van der Waals surface area contributed by atoms with Gasteiger partial charge in [0, 0.05) is 5.41 Å². The normalized spacial score (nSPS) is 11.7. The Kier molecular flexibility index (Phi) is 11.1. The number of hydrogen-bond acceptors (Lipinski definition) is 4. The van der Waals surface area contributed by atoms with Gasteiger partial charge in [0.25, 0.3) is 0 Å². The van der Waals surface area contributed by atoms with Crippen LogP contribution in [0, 0.1) is 10.8 Å². The molecule has 0 spiro atoms. The zero-order chi connectivity index (χ0) is 15.5. The fraction of sp³-hybridized carbons (Fsp3) is 0.929. The average Bonchev–Trinajstić information content (AvgIpc) is 2.45. The molecular formula is C14H30O5. The summed E-state index contributed by atoms with van der Waals surface area (Å²) >= 11 is 0. The Morgan fingerprint density at radius 1 is 0.789 bits per heavy atom. The predicted molar refractivity (Wildman–Crippen MR) is 74.9 cm³/mol. The summed E-state index contributed by atoms with van der Waals surface area (Å²) in [5.41, 5.74) is -1.12. The third-order valence-electron chi connectivity index (χ3n) is 4.24. The number of aliphatic carboxylic acids is 1. The molecule has 5 heteroatoms. The maximum absolute atomic E-state index is 10.7. The molecule has 4 N–H and O–H groups in total. The van der Waals surface area contributed by atoms with Crippen LogP contribution in [0.15, 0.2) is 0 Å². The summed E-state index contributed by atoms with van der Waals surface area (Å²) in [7, 11) is 0. The van der Waals surface area contributed by atoms with Gasteiger partial charge in [0.05, 0.1) is 25.2 Å². The van der Waals surface area contributed by atoms with E-state index in [2.05, 4.69) is 0 Å². The number of carboxylic acids is 1. The number of rotatable bonds is 8. The van der Waals surface area contributed by atoms with E-state index in [9.17, 15) is 4.79 Å².